The highest BCUT2D eigenvalue weighted by molar-refractivity contribution is 9.10. The minimum absolute atomic E-state index is 0.255. The molecule has 0 radical (unpaired) electrons. The predicted molar refractivity (Wildman–Crippen MR) is 101 cm³/mol. The van der Waals surface area contributed by atoms with Crippen LogP contribution in [0.2, 0.25) is 0 Å². The van der Waals surface area contributed by atoms with Crippen molar-refractivity contribution in [3.05, 3.63) is 75.4 Å². The van der Waals surface area contributed by atoms with Crippen molar-refractivity contribution < 1.29 is 9.59 Å². The first-order chi connectivity index (χ1) is 12.0. The first-order valence-electron chi connectivity index (χ1n) is 7.86. The lowest BCUT2D eigenvalue weighted by Gasteiger charge is -2.29. The zero-order valence-electron chi connectivity index (χ0n) is 13.9. The predicted octanol–water partition coefficient (Wildman–Crippen LogP) is 4.02. The van der Waals surface area contributed by atoms with Gasteiger partial charge in [0.1, 0.15) is 0 Å². The summed E-state index contributed by atoms with van der Waals surface area (Å²) in [6.07, 6.45) is 0. The van der Waals surface area contributed by atoms with E-state index >= 15 is 0 Å². The molecule has 0 spiro atoms. The fraction of sp³-hybridized carbons (Fsp3) is 0.158. The van der Waals surface area contributed by atoms with E-state index in [1.807, 2.05) is 55.5 Å². The van der Waals surface area contributed by atoms with Crippen molar-refractivity contribution in [1.29, 1.82) is 0 Å². The monoisotopic (exact) mass is 399 g/mol. The summed E-state index contributed by atoms with van der Waals surface area (Å²) in [5, 5.41) is 8.41. The molecule has 0 unspecified atom stereocenters. The first kappa shape index (κ1) is 17.2. The number of nitrogens with one attached hydrogen (secondary N) is 3. The number of carbonyl (C=O) groups is 2. The molecule has 0 aliphatic carbocycles. The molecule has 1 atom stereocenters. The number of benzene rings is 2. The molecule has 5 nitrogen and oxygen atoms in total. The van der Waals surface area contributed by atoms with E-state index in [4.69, 9.17) is 0 Å². The summed E-state index contributed by atoms with van der Waals surface area (Å²) in [6.45, 7) is 3.72. The Hall–Kier alpha value is -2.60. The summed E-state index contributed by atoms with van der Waals surface area (Å²) in [5.74, 6) is -0.255. The van der Waals surface area contributed by atoms with E-state index in [-0.39, 0.29) is 11.9 Å². The van der Waals surface area contributed by atoms with Crippen molar-refractivity contribution in [3.8, 4) is 0 Å². The molecular weight excluding hydrogens is 382 g/mol. The van der Waals surface area contributed by atoms with Crippen LogP contribution in [0.4, 0.5) is 10.5 Å². The molecule has 0 fully saturated rings. The van der Waals surface area contributed by atoms with Gasteiger partial charge in [-0.3, -0.25) is 4.79 Å². The van der Waals surface area contributed by atoms with Crippen LogP contribution in [-0.2, 0) is 4.79 Å². The van der Waals surface area contributed by atoms with Gasteiger partial charge in [0.25, 0.3) is 5.91 Å². The maximum absolute atomic E-state index is 12.9. The highest BCUT2D eigenvalue weighted by atomic mass is 79.9. The molecule has 0 aromatic heterocycles. The fourth-order valence-corrected chi connectivity index (χ4v) is 3.29. The molecule has 3 rings (SSSR count). The van der Waals surface area contributed by atoms with Gasteiger partial charge in [-0.05, 0) is 37.6 Å². The van der Waals surface area contributed by atoms with Crippen LogP contribution in [0, 0.1) is 6.92 Å². The van der Waals surface area contributed by atoms with Gasteiger partial charge < -0.3 is 16.0 Å². The molecule has 0 saturated carbocycles. The molecule has 25 heavy (non-hydrogen) atoms. The summed E-state index contributed by atoms with van der Waals surface area (Å²) < 4.78 is 0.829. The van der Waals surface area contributed by atoms with Crippen molar-refractivity contribution in [2.75, 3.05) is 5.32 Å². The summed E-state index contributed by atoms with van der Waals surface area (Å²) in [4.78, 5) is 24.8. The number of anilines is 1. The van der Waals surface area contributed by atoms with Crippen LogP contribution in [0.5, 0.6) is 0 Å². The standard InChI is InChI=1S/C19H18BrN3O2/c1-11-7-9-13(10-8-11)22-18(24)16-12(2)21-19(25)23-17(16)14-5-3-4-6-15(14)20/h3-10,17H,1-2H3,(H,22,24)(H2,21,23,25)/t17-/m1/s1. The Morgan fingerprint density at radius 3 is 2.44 bits per heavy atom. The zero-order chi connectivity index (χ0) is 18.0. The number of amides is 3. The maximum atomic E-state index is 12.9. The Morgan fingerprint density at radius 2 is 1.76 bits per heavy atom. The topological polar surface area (TPSA) is 70.2 Å². The number of halogens is 1. The number of rotatable bonds is 3. The third-order valence-electron chi connectivity index (χ3n) is 4.04. The van der Waals surface area contributed by atoms with Crippen molar-refractivity contribution in [3.63, 3.8) is 0 Å². The molecular formula is C19H18BrN3O2. The van der Waals surface area contributed by atoms with Gasteiger partial charge in [-0.25, -0.2) is 4.79 Å². The van der Waals surface area contributed by atoms with Crippen LogP contribution in [-0.4, -0.2) is 11.9 Å². The third kappa shape index (κ3) is 3.74. The quantitative estimate of drug-likeness (QED) is 0.728. The molecule has 1 aliphatic heterocycles. The summed E-state index contributed by atoms with van der Waals surface area (Å²) >= 11 is 3.50. The molecule has 3 N–H and O–H groups in total. The van der Waals surface area contributed by atoms with Crippen LogP contribution in [0.25, 0.3) is 0 Å². The second-order valence-electron chi connectivity index (χ2n) is 5.91. The summed E-state index contributed by atoms with van der Waals surface area (Å²) in [6, 6.07) is 14.2. The molecule has 2 aromatic rings. The third-order valence-corrected chi connectivity index (χ3v) is 4.76. The van der Waals surface area contributed by atoms with Gasteiger partial charge in [-0.15, -0.1) is 0 Å². The highest BCUT2D eigenvalue weighted by Gasteiger charge is 2.32. The average Bonchev–Trinajstić information content (AvgIpc) is 2.56. The molecule has 0 saturated heterocycles. The van der Waals surface area contributed by atoms with Gasteiger partial charge in [0, 0.05) is 15.9 Å². The van der Waals surface area contributed by atoms with E-state index in [1.54, 1.807) is 6.92 Å². The van der Waals surface area contributed by atoms with Gasteiger partial charge in [0.05, 0.1) is 11.6 Å². The second-order valence-corrected chi connectivity index (χ2v) is 6.77. The number of allylic oxidation sites excluding steroid dienone is 1. The molecule has 1 heterocycles. The lowest BCUT2D eigenvalue weighted by Crippen LogP contribution is -2.46. The van der Waals surface area contributed by atoms with Crippen molar-refractivity contribution in [1.82, 2.24) is 10.6 Å². The zero-order valence-corrected chi connectivity index (χ0v) is 15.5. The number of hydrogen-bond acceptors (Lipinski definition) is 2. The summed E-state index contributed by atoms with van der Waals surface area (Å²) in [7, 11) is 0. The Bertz CT molecular complexity index is 859. The minimum atomic E-state index is -0.533. The number of carbonyl (C=O) groups excluding carboxylic acids is 2. The second kappa shape index (κ2) is 7.11. The lowest BCUT2D eigenvalue weighted by molar-refractivity contribution is -0.113. The van der Waals surface area contributed by atoms with Gasteiger partial charge in [-0.1, -0.05) is 51.8 Å². The summed E-state index contributed by atoms with van der Waals surface area (Å²) in [5.41, 5.74) is 3.66. The number of urea groups is 1. The number of hydrogen-bond donors (Lipinski definition) is 3. The molecule has 2 aromatic carbocycles. The van der Waals surface area contributed by atoms with E-state index < -0.39 is 6.04 Å². The highest BCUT2D eigenvalue weighted by Crippen LogP contribution is 2.32. The van der Waals surface area contributed by atoms with Crippen LogP contribution in [0.1, 0.15) is 24.1 Å². The SMILES string of the molecule is CC1=C(C(=O)Nc2ccc(C)cc2)[C@@H](c2ccccc2Br)NC(=O)N1. The lowest BCUT2D eigenvalue weighted by atomic mass is 9.95. The number of aryl methyl sites for hydroxylation is 1. The van der Waals surface area contributed by atoms with E-state index in [9.17, 15) is 9.59 Å². The van der Waals surface area contributed by atoms with Gasteiger partial charge >= 0.3 is 6.03 Å². The smallest absolute Gasteiger partial charge is 0.319 e. The van der Waals surface area contributed by atoms with E-state index in [0.717, 1.165) is 15.6 Å². The molecule has 128 valence electrons. The molecule has 3 amide bonds. The van der Waals surface area contributed by atoms with E-state index in [0.29, 0.717) is 17.0 Å². The van der Waals surface area contributed by atoms with E-state index in [2.05, 4.69) is 31.9 Å². The van der Waals surface area contributed by atoms with Gasteiger partial charge in [0.15, 0.2) is 0 Å². The largest absolute Gasteiger partial charge is 0.327 e. The average molecular weight is 400 g/mol. The maximum Gasteiger partial charge on any atom is 0.319 e. The molecule has 6 heteroatoms. The normalized spacial score (nSPS) is 16.9. The fourth-order valence-electron chi connectivity index (χ4n) is 2.77. The van der Waals surface area contributed by atoms with Crippen molar-refractivity contribution in [2.45, 2.75) is 19.9 Å². The van der Waals surface area contributed by atoms with Gasteiger partial charge in [0.2, 0.25) is 0 Å². The van der Waals surface area contributed by atoms with E-state index in [1.165, 1.54) is 0 Å². The van der Waals surface area contributed by atoms with Crippen LogP contribution < -0.4 is 16.0 Å². The van der Waals surface area contributed by atoms with Crippen LogP contribution in [0.3, 0.4) is 0 Å². The van der Waals surface area contributed by atoms with Crippen LogP contribution >= 0.6 is 15.9 Å². The molecule has 0 bridgehead atoms. The van der Waals surface area contributed by atoms with Crippen molar-refractivity contribution >= 4 is 33.6 Å². The van der Waals surface area contributed by atoms with Gasteiger partial charge in [-0.2, -0.15) is 0 Å². The Morgan fingerprint density at radius 1 is 1.08 bits per heavy atom. The Labute approximate surface area is 154 Å². The Balaban J connectivity index is 1.96. The van der Waals surface area contributed by atoms with Crippen LogP contribution in [0.15, 0.2) is 64.3 Å². The first-order valence-corrected chi connectivity index (χ1v) is 8.65. The van der Waals surface area contributed by atoms with Crippen molar-refractivity contribution in [2.24, 2.45) is 0 Å². The molecule has 1 aliphatic rings. The Kier molecular flexibility index (Phi) is 4.90. The minimum Gasteiger partial charge on any atom is -0.327 e.